The van der Waals surface area contributed by atoms with Crippen LogP contribution in [0.5, 0.6) is 5.75 Å². The van der Waals surface area contributed by atoms with Crippen LogP contribution in [0.25, 0.3) is 0 Å². The fourth-order valence-electron chi connectivity index (χ4n) is 2.28. The summed E-state index contributed by atoms with van der Waals surface area (Å²) in [6.07, 6.45) is 0.837. The highest BCUT2D eigenvalue weighted by atomic mass is 79.9. The summed E-state index contributed by atoms with van der Waals surface area (Å²) in [6, 6.07) is 7.77. The van der Waals surface area contributed by atoms with E-state index >= 15 is 0 Å². The molecule has 1 aliphatic heterocycles. The first-order valence-corrected chi connectivity index (χ1v) is 7.40. The smallest absolute Gasteiger partial charge is 0.237 e. The Hall–Kier alpha value is -1.07. The first-order valence-electron chi connectivity index (χ1n) is 6.61. The molecule has 1 aromatic rings. The number of carbonyl (C=O) groups excluding carboxylic acids is 1. The Labute approximate surface area is 122 Å². The maximum absolute atomic E-state index is 11.7. The molecule has 0 aliphatic carbocycles. The Morgan fingerprint density at radius 1 is 1.42 bits per heavy atom. The lowest BCUT2D eigenvalue weighted by Crippen LogP contribution is -2.55. The minimum atomic E-state index is -0.0118. The zero-order chi connectivity index (χ0) is 13.7. The van der Waals surface area contributed by atoms with Crippen LogP contribution in [0.4, 0.5) is 0 Å². The third-order valence-electron chi connectivity index (χ3n) is 3.29. The van der Waals surface area contributed by atoms with Gasteiger partial charge in [0.15, 0.2) is 0 Å². The summed E-state index contributed by atoms with van der Waals surface area (Å²) >= 11 is 3.39. The van der Waals surface area contributed by atoms with Gasteiger partial charge in [0.2, 0.25) is 5.91 Å². The van der Waals surface area contributed by atoms with E-state index < -0.39 is 0 Å². The van der Waals surface area contributed by atoms with Crippen molar-refractivity contribution in [3.8, 4) is 5.75 Å². The molecule has 0 spiro atoms. The maximum Gasteiger partial charge on any atom is 0.237 e. The van der Waals surface area contributed by atoms with Gasteiger partial charge in [0.25, 0.3) is 0 Å². The predicted octanol–water partition coefficient (Wildman–Crippen LogP) is 2.04. The van der Waals surface area contributed by atoms with E-state index in [1.54, 1.807) is 0 Å². The van der Waals surface area contributed by atoms with Crippen LogP contribution in [0.15, 0.2) is 28.7 Å². The predicted molar refractivity (Wildman–Crippen MR) is 78.3 cm³/mol. The molecule has 1 N–H and O–H groups in total. The fourth-order valence-corrected chi connectivity index (χ4v) is 2.55. The summed E-state index contributed by atoms with van der Waals surface area (Å²) in [6.45, 7) is 5.05. The lowest BCUT2D eigenvalue weighted by atomic mass is 10.1. The van der Waals surface area contributed by atoms with E-state index in [1.807, 2.05) is 31.2 Å². The molecule has 1 amide bonds. The van der Waals surface area contributed by atoms with Crippen molar-refractivity contribution < 1.29 is 9.53 Å². The van der Waals surface area contributed by atoms with Crippen molar-refractivity contribution in [2.75, 3.05) is 26.2 Å². The van der Waals surface area contributed by atoms with E-state index in [2.05, 4.69) is 26.1 Å². The zero-order valence-corrected chi connectivity index (χ0v) is 12.6. The van der Waals surface area contributed by atoms with Crippen LogP contribution in [0, 0.1) is 0 Å². The lowest BCUT2D eigenvalue weighted by molar-refractivity contribution is -0.129. The molecule has 0 radical (unpaired) electrons. The van der Waals surface area contributed by atoms with Crippen molar-refractivity contribution in [1.29, 1.82) is 0 Å². The summed E-state index contributed by atoms with van der Waals surface area (Å²) in [5.74, 6) is 0.995. The van der Waals surface area contributed by atoms with E-state index in [-0.39, 0.29) is 11.9 Å². The maximum atomic E-state index is 11.7. The summed E-state index contributed by atoms with van der Waals surface area (Å²) in [7, 11) is 0. The summed E-state index contributed by atoms with van der Waals surface area (Å²) < 4.78 is 6.74. The number of nitrogens with zero attached hydrogens (tertiary/aromatic N) is 1. The average molecular weight is 327 g/mol. The second-order valence-corrected chi connectivity index (χ2v) is 5.47. The number of carbonyl (C=O) groups is 1. The van der Waals surface area contributed by atoms with Gasteiger partial charge in [-0.3, -0.25) is 9.69 Å². The number of ether oxygens (including phenoxy) is 1. The molecule has 1 aliphatic rings. The van der Waals surface area contributed by atoms with Crippen molar-refractivity contribution >= 4 is 21.8 Å². The van der Waals surface area contributed by atoms with Crippen LogP contribution in [0.3, 0.4) is 0 Å². The lowest BCUT2D eigenvalue weighted by Gasteiger charge is -2.34. The molecule has 0 aromatic heterocycles. The molecule has 0 bridgehead atoms. The monoisotopic (exact) mass is 326 g/mol. The Morgan fingerprint density at radius 3 is 2.84 bits per heavy atom. The first-order chi connectivity index (χ1) is 9.20. The second-order valence-electron chi connectivity index (χ2n) is 4.55. The molecule has 1 saturated heterocycles. The molecule has 19 heavy (non-hydrogen) atoms. The van der Waals surface area contributed by atoms with Gasteiger partial charge in [-0.25, -0.2) is 0 Å². The average Bonchev–Trinajstić information content (AvgIpc) is 2.41. The summed E-state index contributed by atoms with van der Waals surface area (Å²) in [4.78, 5) is 13.9. The highest BCUT2D eigenvalue weighted by Gasteiger charge is 2.27. The Bertz CT molecular complexity index is 422. The van der Waals surface area contributed by atoms with E-state index in [0.29, 0.717) is 6.61 Å². The van der Waals surface area contributed by atoms with Gasteiger partial charge in [-0.2, -0.15) is 0 Å². The molecule has 1 unspecified atom stereocenters. The summed E-state index contributed by atoms with van der Waals surface area (Å²) in [5, 5.41) is 2.90. The Balaban J connectivity index is 1.81. The number of nitrogens with one attached hydrogen (secondary N) is 1. The van der Waals surface area contributed by atoms with Gasteiger partial charge in [-0.15, -0.1) is 0 Å². The number of halogens is 1. The zero-order valence-electron chi connectivity index (χ0n) is 11.1. The van der Waals surface area contributed by atoms with Gasteiger partial charge in [0.05, 0.1) is 6.04 Å². The number of hydrogen-bond acceptors (Lipinski definition) is 3. The van der Waals surface area contributed by atoms with Crippen molar-refractivity contribution in [1.82, 2.24) is 10.2 Å². The highest BCUT2D eigenvalue weighted by Crippen LogP contribution is 2.16. The van der Waals surface area contributed by atoms with Crippen LogP contribution >= 0.6 is 15.9 Å². The van der Waals surface area contributed by atoms with Crippen LogP contribution in [0.2, 0.25) is 0 Å². The van der Waals surface area contributed by atoms with Gasteiger partial charge in [-0.1, -0.05) is 22.9 Å². The molecule has 1 fully saturated rings. The molecule has 1 heterocycles. The molecule has 1 aromatic carbocycles. The van der Waals surface area contributed by atoms with Gasteiger partial charge in [0.1, 0.15) is 12.4 Å². The van der Waals surface area contributed by atoms with Crippen molar-refractivity contribution in [2.24, 2.45) is 0 Å². The second kappa shape index (κ2) is 6.91. The first kappa shape index (κ1) is 14.3. The highest BCUT2D eigenvalue weighted by molar-refractivity contribution is 9.10. The van der Waals surface area contributed by atoms with Crippen LogP contribution in [0.1, 0.15) is 13.3 Å². The number of amides is 1. The van der Waals surface area contributed by atoms with Crippen molar-refractivity contribution in [3.63, 3.8) is 0 Å². The molecular weight excluding hydrogens is 308 g/mol. The number of benzene rings is 1. The minimum absolute atomic E-state index is 0.0118. The molecule has 5 heteroatoms. The van der Waals surface area contributed by atoms with Gasteiger partial charge < -0.3 is 10.1 Å². The Morgan fingerprint density at radius 2 is 2.16 bits per heavy atom. The quantitative estimate of drug-likeness (QED) is 0.900. The molecule has 0 saturated carbocycles. The summed E-state index contributed by atoms with van der Waals surface area (Å²) in [5.41, 5.74) is 0. The Kier molecular flexibility index (Phi) is 5.22. The largest absolute Gasteiger partial charge is 0.492 e. The van der Waals surface area contributed by atoms with E-state index in [1.165, 1.54) is 0 Å². The van der Waals surface area contributed by atoms with Gasteiger partial charge >= 0.3 is 0 Å². The van der Waals surface area contributed by atoms with E-state index in [9.17, 15) is 4.79 Å². The third kappa shape index (κ3) is 3.94. The number of piperazine rings is 1. The molecule has 104 valence electrons. The van der Waals surface area contributed by atoms with E-state index in [4.69, 9.17) is 4.74 Å². The molecular formula is C14H19BrN2O2. The van der Waals surface area contributed by atoms with E-state index in [0.717, 1.165) is 36.3 Å². The number of hydrogen-bond donors (Lipinski definition) is 1. The van der Waals surface area contributed by atoms with Gasteiger partial charge in [0, 0.05) is 24.1 Å². The van der Waals surface area contributed by atoms with Crippen molar-refractivity contribution in [3.05, 3.63) is 28.7 Å². The van der Waals surface area contributed by atoms with Crippen LogP contribution in [-0.4, -0.2) is 43.1 Å². The molecule has 1 atom stereocenters. The molecule has 2 rings (SSSR count). The standard InChI is InChI=1S/C14H19BrN2O2/c1-2-13-14(18)16-7-8-17(13)9-10-19-12-5-3-11(15)4-6-12/h3-6,13H,2,7-10H2,1H3,(H,16,18). The fraction of sp³-hybridized carbons (Fsp3) is 0.500. The normalized spacial score (nSPS) is 20.1. The molecule has 4 nitrogen and oxygen atoms in total. The third-order valence-corrected chi connectivity index (χ3v) is 3.82. The van der Waals surface area contributed by atoms with Crippen LogP contribution < -0.4 is 10.1 Å². The van der Waals surface area contributed by atoms with Gasteiger partial charge in [-0.05, 0) is 30.7 Å². The number of rotatable bonds is 5. The SMILES string of the molecule is CCC1C(=O)NCCN1CCOc1ccc(Br)cc1. The van der Waals surface area contributed by atoms with Crippen LogP contribution in [-0.2, 0) is 4.79 Å². The minimum Gasteiger partial charge on any atom is -0.492 e. The van der Waals surface area contributed by atoms with Crippen molar-refractivity contribution in [2.45, 2.75) is 19.4 Å². The topological polar surface area (TPSA) is 41.6 Å².